The van der Waals surface area contributed by atoms with Gasteiger partial charge in [0.15, 0.2) is 11.6 Å². The van der Waals surface area contributed by atoms with E-state index in [0.29, 0.717) is 28.7 Å². The minimum Gasteiger partial charge on any atom is -0.390 e. The Kier molecular flexibility index (Phi) is 11.0. The molecule has 69 heavy (non-hydrogen) atoms. The monoisotopic (exact) mass is 943 g/mol. The molecule has 10 rings (SSSR count). The summed E-state index contributed by atoms with van der Waals surface area (Å²) < 4.78 is 93.9. The number of rotatable bonds is 9. The van der Waals surface area contributed by atoms with Gasteiger partial charge in [-0.05, 0) is 79.4 Å². The van der Waals surface area contributed by atoms with Gasteiger partial charge in [0, 0.05) is 70.3 Å². The number of aliphatic hydroxyl groups is 2. The highest BCUT2D eigenvalue weighted by molar-refractivity contribution is 6.08. The highest BCUT2D eigenvalue weighted by atomic mass is 19.4. The van der Waals surface area contributed by atoms with Crippen LogP contribution < -0.4 is 20.9 Å². The molecule has 8 aromatic rings. The first-order chi connectivity index (χ1) is 33.1. The van der Waals surface area contributed by atoms with Gasteiger partial charge < -0.3 is 26.2 Å². The third-order valence-electron chi connectivity index (χ3n) is 11.9. The maximum Gasteiger partial charge on any atom is 0.419 e. The third kappa shape index (κ3) is 7.75. The average molecular weight is 944 g/mol. The summed E-state index contributed by atoms with van der Waals surface area (Å²) >= 11 is 0. The van der Waals surface area contributed by atoms with Gasteiger partial charge >= 0.3 is 6.18 Å². The molecule has 2 aliphatic rings. The van der Waals surface area contributed by atoms with Crippen molar-refractivity contribution in [2.24, 2.45) is 0 Å². The van der Waals surface area contributed by atoms with Crippen LogP contribution >= 0.6 is 0 Å². The predicted molar refractivity (Wildman–Crippen MR) is 240 cm³/mol. The molecule has 2 amide bonds. The molecule has 3 aromatic carbocycles. The number of carbonyl (C=O) groups is 2. The number of halogens is 6. The zero-order valence-corrected chi connectivity index (χ0v) is 36.0. The van der Waals surface area contributed by atoms with Crippen molar-refractivity contribution in [2.75, 3.05) is 20.9 Å². The first kappa shape index (κ1) is 44.4. The Morgan fingerprint density at radius 1 is 0.725 bits per heavy atom. The van der Waals surface area contributed by atoms with Crippen LogP contribution in [-0.4, -0.2) is 56.5 Å². The van der Waals surface area contributed by atoms with Crippen LogP contribution in [-0.2, 0) is 29.0 Å². The zero-order valence-electron chi connectivity index (χ0n) is 36.0. The van der Waals surface area contributed by atoms with E-state index in [0.717, 1.165) is 26.4 Å². The normalized spacial score (nSPS) is 15.9. The molecule has 0 aliphatic carbocycles. The number of benzene rings is 3. The number of pyridine rings is 3. The first-order valence-corrected chi connectivity index (χ1v) is 21.0. The lowest BCUT2D eigenvalue weighted by atomic mass is 9.92. The Balaban J connectivity index is 1.11. The molecule has 2 atom stereocenters. The number of nitrogens with zero attached hydrogens (tertiary/aromatic N) is 8. The van der Waals surface area contributed by atoms with Gasteiger partial charge in [-0.3, -0.25) is 24.5 Å². The first-order valence-electron chi connectivity index (χ1n) is 21.0. The molecule has 0 radical (unpaired) electrons. The predicted octanol–water partition coefficient (Wildman–Crippen LogP) is 8.57. The van der Waals surface area contributed by atoms with Crippen LogP contribution in [0.4, 0.5) is 55.2 Å². The zero-order chi connectivity index (χ0) is 48.5. The van der Waals surface area contributed by atoms with Crippen LogP contribution in [0.3, 0.4) is 0 Å². The topological polar surface area (TPSA) is 188 Å². The Hall–Kier alpha value is -8.43. The largest absolute Gasteiger partial charge is 0.419 e. The summed E-state index contributed by atoms with van der Waals surface area (Å²) in [6.07, 6.45) is 1.23. The fourth-order valence-corrected chi connectivity index (χ4v) is 8.81. The molecule has 0 fully saturated rings. The molecule has 0 bridgehead atoms. The lowest BCUT2D eigenvalue weighted by Crippen LogP contribution is -2.36. The number of amides is 2. The van der Waals surface area contributed by atoms with Crippen molar-refractivity contribution >= 4 is 62.3 Å². The molecule has 2 aliphatic heterocycles. The second-order valence-corrected chi connectivity index (χ2v) is 16.2. The minimum atomic E-state index is -5.06. The number of fused-ring (bicyclic) bond motifs is 4. The van der Waals surface area contributed by atoms with Gasteiger partial charge in [0.05, 0.1) is 52.5 Å². The molecule has 2 unspecified atom stereocenters. The number of anilines is 5. The van der Waals surface area contributed by atoms with Crippen molar-refractivity contribution in [3.63, 3.8) is 0 Å². The molecule has 21 heteroatoms. The van der Waals surface area contributed by atoms with Gasteiger partial charge in [-0.25, -0.2) is 27.5 Å². The van der Waals surface area contributed by atoms with Gasteiger partial charge in [0.2, 0.25) is 0 Å². The lowest BCUT2D eigenvalue weighted by Gasteiger charge is -2.37. The van der Waals surface area contributed by atoms with Gasteiger partial charge in [-0.15, -0.1) is 0 Å². The number of aromatic nitrogens is 7. The van der Waals surface area contributed by atoms with E-state index in [-0.39, 0.29) is 62.5 Å². The summed E-state index contributed by atoms with van der Waals surface area (Å²) in [7, 11) is 0. The molecule has 15 nitrogen and oxygen atoms in total. The summed E-state index contributed by atoms with van der Waals surface area (Å²) in [5.74, 6) is -6.00. The number of nitrogens with one attached hydrogen (secondary N) is 3. The maximum atomic E-state index is 17.4. The number of aliphatic hydroxyl groups excluding tert-OH is 2. The molecule has 5 aromatic heterocycles. The van der Waals surface area contributed by atoms with E-state index in [4.69, 9.17) is 0 Å². The number of carbonyl (C=O) groups excluding carboxylic acids is 2. The number of hydrogen-bond acceptors (Lipinski definition) is 11. The SMILES string of the molecule is CC1=C(C(=O)Nc2ccc3cnccc3c2)C(c2ccc(N3C(C)=C(C(=O)Nc4ccc5cnccc5n4)C(c4ccc(C(F)(F)F)c(F)c4)n4nc(CO)cc43)c(F)c2F)n2nc(CO)cc2N1. The fourth-order valence-electron chi connectivity index (χ4n) is 8.81. The molecule has 5 N–H and O–H groups in total. The molecule has 348 valence electrons. The maximum absolute atomic E-state index is 17.4. The second kappa shape index (κ2) is 17.0. The highest BCUT2D eigenvalue weighted by Gasteiger charge is 2.42. The summed E-state index contributed by atoms with van der Waals surface area (Å²) in [4.78, 5) is 42.8. The average Bonchev–Trinajstić information content (AvgIpc) is 3.95. The van der Waals surface area contributed by atoms with E-state index >= 15 is 13.2 Å². The molecule has 0 saturated carbocycles. The quantitative estimate of drug-likeness (QED) is 0.0873. The van der Waals surface area contributed by atoms with Crippen molar-refractivity contribution in [3.8, 4) is 0 Å². The van der Waals surface area contributed by atoms with E-state index < -0.39 is 72.0 Å². The van der Waals surface area contributed by atoms with Crippen LogP contribution in [0.2, 0.25) is 0 Å². The van der Waals surface area contributed by atoms with Crippen molar-refractivity contribution in [3.05, 3.63) is 178 Å². The van der Waals surface area contributed by atoms with E-state index in [2.05, 4.69) is 41.1 Å². The highest BCUT2D eigenvalue weighted by Crippen LogP contribution is 2.47. The van der Waals surface area contributed by atoms with Gasteiger partial charge in [-0.1, -0.05) is 18.2 Å². The number of allylic oxidation sites excluding steroid dienone is 2. The Labute approximate surface area is 386 Å². The van der Waals surface area contributed by atoms with E-state index in [9.17, 15) is 33.0 Å². The van der Waals surface area contributed by atoms with Crippen LogP contribution in [0, 0.1) is 17.5 Å². The molecule has 0 saturated heterocycles. The third-order valence-corrected chi connectivity index (χ3v) is 11.9. The van der Waals surface area contributed by atoms with Crippen LogP contribution in [0.15, 0.2) is 132 Å². The summed E-state index contributed by atoms with van der Waals surface area (Å²) in [6, 6.07) is 16.0. The Bertz CT molecular complexity index is 3500. The minimum absolute atomic E-state index is 0.0252. The second-order valence-electron chi connectivity index (χ2n) is 16.2. The van der Waals surface area contributed by atoms with Gasteiger partial charge in [0.25, 0.3) is 11.8 Å². The smallest absolute Gasteiger partial charge is 0.390 e. The van der Waals surface area contributed by atoms with Crippen LogP contribution in [0.25, 0.3) is 21.7 Å². The molecule has 0 spiro atoms. The van der Waals surface area contributed by atoms with E-state index in [1.165, 1.54) is 48.1 Å². The molecular formula is C48H35F6N11O4. The fraction of sp³-hybridized carbons (Fsp3) is 0.146. The number of alkyl halides is 3. The number of hydrogen-bond donors (Lipinski definition) is 5. The van der Waals surface area contributed by atoms with E-state index in [1.807, 2.05) is 0 Å². The van der Waals surface area contributed by atoms with Crippen molar-refractivity contribution < 1.29 is 46.1 Å². The Morgan fingerprint density at radius 2 is 1.43 bits per heavy atom. The van der Waals surface area contributed by atoms with Crippen LogP contribution in [0.5, 0.6) is 0 Å². The van der Waals surface area contributed by atoms with Gasteiger partial charge in [-0.2, -0.15) is 23.4 Å². The lowest BCUT2D eigenvalue weighted by molar-refractivity contribution is -0.140. The summed E-state index contributed by atoms with van der Waals surface area (Å²) in [5.41, 5.74) is -1.87. The van der Waals surface area contributed by atoms with Crippen LogP contribution in [0.1, 0.15) is 54.0 Å². The van der Waals surface area contributed by atoms with Crippen molar-refractivity contribution in [1.82, 2.24) is 34.5 Å². The van der Waals surface area contributed by atoms with Gasteiger partial charge in [0.1, 0.15) is 35.4 Å². The summed E-state index contributed by atoms with van der Waals surface area (Å²) in [6.45, 7) is 1.72. The Morgan fingerprint density at radius 3 is 2.19 bits per heavy atom. The molecular weight excluding hydrogens is 909 g/mol. The summed E-state index contributed by atoms with van der Waals surface area (Å²) in [5, 5.41) is 40.0. The van der Waals surface area contributed by atoms with Crippen molar-refractivity contribution in [1.29, 1.82) is 0 Å². The van der Waals surface area contributed by atoms with Crippen molar-refractivity contribution in [2.45, 2.75) is 45.3 Å². The standard InChI is InChI=1S/C48H35F6N11O4/c1-23-40(46(68)58-29-6-3-27-19-55-13-11-25(27)15-29)45(64-38(57-23)17-30(21-66)61-64)32-7-9-36(43(51)42(32)50)63-24(2)41(47(69)60-37-10-5-28-20-56-14-12-35(28)59-37)44(65-39(63)18-31(22-67)62-65)26-4-8-33(34(49)16-26)48(52,53)54/h3-20,44-45,57,66-67H,21-22H2,1-2H3,(H,58,68)(H,59,60,69). The molecule has 7 heterocycles. The van der Waals surface area contributed by atoms with E-state index in [1.54, 1.807) is 61.9 Å².